The Morgan fingerprint density at radius 1 is 1.38 bits per heavy atom. The number of hydrogen-bond acceptors (Lipinski definition) is 5. The van der Waals surface area contributed by atoms with E-state index in [0.29, 0.717) is 17.6 Å². The maximum atomic E-state index is 5.67. The lowest BCUT2D eigenvalue weighted by atomic mass is 10.1. The third kappa shape index (κ3) is 3.57. The van der Waals surface area contributed by atoms with E-state index in [4.69, 9.17) is 15.0 Å². The van der Waals surface area contributed by atoms with Crippen molar-refractivity contribution in [2.45, 2.75) is 45.8 Å². The molecule has 0 aliphatic carbocycles. The van der Waals surface area contributed by atoms with Gasteiger partial charge in [-0.3, -0.25) is 0 Å². The van der Waals surface area contributed by atoms with Gasteiger partial charge in [-0.05, 0) is 19.3 Å². The number of nitrogens with two attached hydrogens (primary N) is 1. The Morgan fingerprint density at radius 3 is 2.56 bits per heavy atom. The molecule has 0 bridgehead atoms. The minimum Gasteiger partial charge on any atom is -0.373 e. The van der Waals surface area contributed by atoms with E-state index in [1.165, 1.54) is 0 Å². The Balaban J connectivity index is 2.62. The number of nitrogens with zero attached hydrogens (tertiary/aromatic N) is 2. The first-order chi connectivity index (χ1) is 7.54. The second-order valence-corrected chi connectivity index (χ2v) is 4.46. The van der Waals surface area contributed by atoms with Crippen LogP contribution in [0.4, 0.5) is 0 Å². The molecule has 0 aliphatic rings. The Hall–Kier alpha value is -0.940. The molecule has 1 rings (SSSR count). The molecule has 0 spiro atoms. The smallest absolute Gasteiger partial charge is 0.226 e. The highest BCUT2D eigenvalue weighted by molar-refractivity contribution is 4.93. The molecular formula is C11H21N3O2. The Morgan fingerprint density at radius 2 is 2.06 bits per heavy atom. The van der Waals surface area contributed by atoms with Crippen molar-refractivity contribution in [3.05, 3.63) is 11.7 Å². The summed E-state index contributed by atoms with van der Waals surface area (Å²) in [5.41, 5.74) is 5.67. The molecule has 0 aromatic carbocycles. The van der Waals surface area contributed by atoms with Crippen molar-refractivity contribution in [1.29, 1.82) is 0 Å². The summed E-state index contributed by atoms with van der Waals surface area (Å²) in [4.78, 5) is 4.32. The predicted molar refractivity (Wildman–Crippen MR) is 60.9 cm³/mol. The number of rotatable bonds is 6. The third-order valence-corrected chi connectivity index (χ3v) is 2.41. The Labute approximate surface area is 96.4 Å². The van der Waals surface area contributed by atoms with Crippen LogP contribution < -0.4 is 5.73 Å². The third-order valence-electron chi connectivity index (χ3n) is 2.41. The van der Waals surface area contributed by atoms with Gasteiger partial charge in [-0.25, -0.2) is 0 Å². The van der Waals surface area contributed by atoms with Crippen LogP contribution in [0, 0.1) is 5.92 Å². The fraction of sp³-hybridized carbons (Fsp3) is 0.818. The van der Waals surface area contributed by atoms with Gasteiger partial charge in [-0.2, -0.15) is 4.98 Å². The molecule has 1 heterocycles. The van der Waals surface area contributed by atoms with Gasteiger partial charge in [-0.15, -0.1) is 0 Å². The summed E-state index contributed by atoms with van der Waals surface area (Å²) in [5, 5.41) is 3.93. The average Bonchev–Trinajstić information content (AvgIpc) is 2.64. The highest BCUT2D eigenvalue weighted by Gasteiger charge is 2.21. The summed E-state index contributed by atoms with van der Waals surface area (Å²) < 4.78 is 10.5. The van der Waals surface area contributed by atoms with Gasteiger partial charge in [0, 0.05) is 19.6 Å². The van der Waals surface area contributed by atoms with E-state index in [9.17, 15) is 0 Å². The summed E-state index contributed by atoms with van der Waals surface area (Å²) in [6.07, 6.45) is 1.47. The zero-order valence-electron chi connectivity index (χ0n) is 10.4. The van der Waals surface area contributed by atoms with E-state index >= 15 is 0 Å². The average molecular weight is 227 g/mol. The number of hydrogen-bond donors (Lipinski definition) is 1. The van der Waals surface area contributed by atoms with Crippen molar-refractivity contribution in [3.63, 3.8) is 0 Å². The lowest BCUT2D eigenvalue weighted by molar-refractivity contribution is 0.0555. The molecule has 1 aromatic heterocycles. The number of aryl methyl sites for hydroxylation is 1. The van der Waals surface area contributed by atoms with Gasteiger partial charge in [0.05, 0.1) is 0 Å². The maximum Gasteiger partial charge on any atom is 0.226 e. The molecule has 0 aliphatic heterocycles. The van der Waals surface area contributed by atoms with Crippen LogP contribution in [0.2, 0.25) is 0 Å². The summed E-state index contributed by atoms with van der Waals surface area (Å²) in [5.74, 6) is 1.58. The van der Waals surface area contributed by atoms with Crippen molar-refractivity contribution >= 4 is 0 Å². The van der Waals surface area contributed by atoms with Gasteiger partial charge in [-0.1, -0.05) is 19.0 Å². The Bertz CT molecular complexity index is 310. The zero-order valence-corrected chi connectivity index (χ0v) is 10.4. The van der Waals surface area contributed by atoms with Gasteiger partial charge >= 0.3 is 0 Å². The van der Waals surface area contributed by atoms with E-state index in [0.717, 1.165) is 12.8 Å². The second-order valence-electron chi connectivity index (χ2n) is 4.46. The monoisotopic (exact) mass is 227 g/mol. The molecular weight excluding hydrogens is 206 g/mol. The SMILES string of the molecule is COC(c1noc(CCC(C)N)n1)C(C)C. The van der Waals surface area contributed by atoms with E-state index in [1.807, 2.05) is 6.92 Å². The van der Waals surface area contributed by atoms with Crippen molar-refractivity contribution in [1.82, 2.24) is 10.1 Å². The highest BCUT2D eigenvalue weighted by atomic mass is 16.5. The molecule has 1 aromatic rings. The van der Waals surface area contributed by atoms with E-state index in [1.54, 1.807) is 7.11 Å². The highest BCUT2D eigenvalue weighted by Crippen LogP contribution is 2.22. The van der Waals surface area contributed by atoms with Crippen molar-refractivity contribution in [2.24, 2.45) is 11.7 Å². The van der Waals surface area contributed by atoms with E-state index in [2.05, 4.69) is 24.0 Å². The molecule has 5 heteroatoms. The summed E-state index contributed by atoms with van der Waals surface area (Å²) >= 11 is 0. The van der Waals surface area contributed by atoms with Crippen LogP contribution >= 0.6 is 0 Å². The first kappa shape index (κ1) is 13.1. The minimum absolute atomic E-state index is 0.104. The predicted octanol–water partition coefficient (Wildman–Crippen LogP) is 1.69. The van der Waals surface area contributed by atoms with Crippen LogP contribution in [-0.4, -0.2) is 23.3 Å². The standard InChI is InChI=1S/C11H21N3O2/c1-7(2)10(15-4)11-13-9(16-14-11)6-5-8(3)12/h7-8,10H,5-6,12H2,1-4H3. The lowest BCUT2D eigenvalue weighted by Gasteiger charge is -2.14. The van der Waals surface area contributed by atoms with Gasteiger partial charge in [0.2, 0.25) is 11.7 Å². The minimum atomic E-state index is -0.104. The maximum absolute atomic E-state index is 5.67. The molecule has 92 valence electrons. The zero-order chi connectivity index (χ0) is 12.1. The van der Waals surface area contributed by atoms with Crippen LogP contribution in [-0.2, 0) is 11.2 Å². The fourth-order valence-corrected chi connectivity index (χ4v) is 1.51. The number of aromatic nitrogens is 2. The summed E-state index contributed by atoms with van der Waals surface area (Å²) in [6.45, 7) is 6.08. The molecule has 2 unspecified atom stereocenters. The van der Waals surface area contributed by atoms with E-state index in [-0.39, 0.29) is 12.1 Å². The molecule has 0 radical (unpaired) electrons. The molecule has 2 N–H and O–H groups in total. The van der Waals surface area contributed by atoms with Crippen LogP contribution in [0.3, 0.4) is 0 Å². The topological polar surface area (TPSA) is 74.2 Å². The lowest BCUT2D eigenvalue weighted by Crippen LogP contribution is -2.15. The molecule has 0 saturated carbocycles. The molecule has 0 amide bonds. The number of methoxy groups -OCH3 is 1. The van der Waals surface area contributed by atoms with Crippen LogP contribution in [0.5, 0.6) is 0 Å². The molecule has 5 nitrogen and oxygen atoms in total. The molecule has 0 saturated heterocycles. The van der Waals surface area contributed by atoms with Gasteiger partial charge in [0.15, 0.2) is 0 Å². The van der Waals surface area contributed by atoms with Crippen LogP contribution in [0.1, 0.15) is 45.0 Å². The normalized spacial score (nSPS) is 15.4. The van der Waals surface area contributed by atoms with Crippen molar-refractivity contribution in [2.75, 3.05) is 7.11 Å². The van der Waals surface area contributed by atoms with Crippen molar-refractivity contribution < 1.29 is 9.26 Å². The quantitative estimate of drug-likeness (QED) is 0.800. The first-order valence-electron chi connectivity index (χ1n) is 5.65. The van der Waals surface area contributed by atoms with E-state index < -0.39 is 0 Å². The fourth-order valence-electron chi connectivity index (χ4n) is 1.51. The molecule has 16 heavy (non-hydrogen) atoms. The molecule has 0 fully saturated rings. The number of ether oxygens (including phenoxy) is 1. The summed E-state index contributed by atoms with van der Waals surface area (Å²) in [6, 6.07) is 0.152. The van der Waals surface area contributed by atoms with Gasteiger partial charge in [0.25, 0.3) is 0 Å². The van der Waals surface area contributed by atoms with Gasteiger partial charge < -0.3 is 15.0 Å². The van der Waals surface area contributed by atoms with Crippen LogP contribution in [0.15, 0.2) is 4.52 Å². The summed E-state index contributed by atoms with van der Waals surface area (Å²) in [7, 11) is 1.66. The first-order valence-corrected chi connectivity index (χ1v) is 5.65. The molecule has 2 atom stereocenters. The second kappa shape index (κ2) is 5.96. The van der Waals surface area contributed by atoms with Crippen LogP contribution in [0.25, 0.3) is 0 Å². The van der Waals surface area contributed by atoms with Gasteiger partial charge in [0.1, 0.15) is 6.10 Å². The van der Waals surface area contributed by atoms with Crippen molar-refractivity contribution in [3.8, 4) is 0 Å². The largest absolute Gasteiger partial charge is 0.373 e. The Kier molecular flexibility index (Phi) is 4.89.